The number of carbonyl (C=O) groups is 3. The van der Waals surface area contributed by atoms with Crippen molar-refractivity contribution in [3.63, 3.8) is 0 Å². The van der Waals surface area contributed by atoms with Crippen molar-refractivity contribution in [1.82, 2.24) is 0 Å². The van der Waals surface area contributed by atoms with Gasteiger partial charge in [0.2, 0.25) is 0 Å². The lowest BCUT2D eigenvalue weighted by atomic mass is 10.1. The molecule has 0 aliphatic rings. The van der Waals surface area contributed by atoms with E-state index in [1.54, 1.807) is 6.08 Å². The summed E-state index contributed by atoms with van der Waals surface area (Å²) in [5.41, 5.74) is 5.32. The first-order valence-electron chi connectivity index (χ1n) is 22.3. The number of aliphatic hydroxyl groups excluding tert-OH is 1. The third-order valence-corrected chi connectivity index (χ3v) is 9.44. The van der Waals surface area contributed by atoms with Crippen LogP contribution >= 0.6 is 7.82 Å². The molecule has 0 aromatic rings. The summed E-state index contributed by atoms with van der Waals surface area (Å²) in [6.07, 6.45) is 55.6. The van der Waals surface area contributed by atoms with E-state index >= 15 is 0 Å². The minimum atomic E-state index is -4.77. The Morgan fingerprint density at radius 3 is 1.62 bits per heavy atom. The molecular formula is C50H76NO11P. The number of nitrogens with two attached hydrogens (primary N) is 1. The second-order valence-corrected chi connectivity index (χ2v) is 15.7. The van der Waals surface area contributed by atoms with Gasteiger partial charge in [0.15, 0.2) is 6.10 Å². The molecule has 0 saturated carbocycles. The topological polar surface area (TPSA) is 192 Å². The van der Waals surface area contributed by atoms with Gasteiger partial charge in [0, 0.05) is 12.8 Å². The van der Waals surface area contributed by atoms with E-state index < -0.39 is 63.8 Å². The van der Waals surface area contributed by atoms with E-state index in [1.165, 1.54) is 0 Å². The van der Waals surface area contributed by atoms with Crippen LogP contribution in [0.15, 0.2) is 134 Å². The molecule has 0 aromatic carbocycles. The Bertz CT molecular complexity index is 1590. The number of ether oxygens (including phenoxy) is 2. The summed E-state index contributed by atoms with van der Waals surface area (Å²) in [6.45, 7) is 2.36. The van der Waals surface area contributed by atoms with Crippen LogP contribution in [0.25, 0.3) is 0 Å². The molecule has 0 rings (SSSR count). The van der Waals surface area contributed by atoms with Crippen molar-refractivity contribution in [3.8, 4) is 0 Å². The smallest absolute Gasteiger partial charge is 0.472 e. The zero-order valence-corrected chi connectivity index (χ0v) is 38.6. The van der Waals surface area contributed by atoms with Crippen molar-refractivity contribution < 1.29 is 52.6 Å². The molecule has 0 saturated heterocycles. The zero-order chi connectivity index (χ0) is 46.5. The van der Waals surface area contributed by atoms with Crippen LogP contribution in [-0.4, -0.2) is 71.1 Å². The number of aliphatic carboxylic acids is 1. The monoisotopic (exact) mass is 898 g/mol. The lowest BCUT2D eigenvalue weighted by molar-refractivity contribution is -0.161. The number of allylic oxidation sites excluding steroid dienone is 20. The van der Waals surface area contributed by atoms with Gasteiger partial charge in [-0.05, 0) is 89.9 Å². The van der Waals surface area contributed by atoms with E-state index in [2.05, 4.69) is 91.3 Å². The van der Waals surface area contributed by atoms with Crippen molar-refractivity contribution in [3.05, 3.63) is 134 Å². The number of aliphatic hydroxyl groups is 1. The molecular weight excluding hydrogens is 822 g/mol. The molecule has 0 radical (unpaired) electrons. The molecule has 0 spiro atoms. The van der Waals surface area contributed by atoms with Gasteiger partial charge >= 0.3 is 25.7 Å². The molecule has 0 aliphatic carbocycles. The molecule has 0 bridgehead atoms. The van der Waals surface area contributed by atoms with Crippen molar-refractivity contribution >= 4 is 25.7 Å². The first-order chi connectivity index (χ1) is 30.5. The SMILES string of the molecule is CC/C=C\C/C=C\C/C=C\C/C=C\C/C=C\CCCCCC(=O)OC[C@H](COP(=O)(O)OC[C@H](N)C(=O)O)OC(=O)CC/C=C\C/C=C\C/C=C\C=C\C(O)C/C=C\C/C=C\CC. The summed E-state index contributed by atoms with van der Waals surface area (Å²) < 4.78 is 32.6. The fourth-order valence-corrected chi connectivity index (χ4v) is 5.80. The summed E-state index contributed by atoms with van der Waals surface area (Å²) in [6, 6.07) is -1.56. The standard InChI is InChI=1S/C50H76NO11P/c1-3-5-7-9-11-12-13-14-15-16-17-18-19-20-21-25-28-32-36-40-48(53)59-42-46(43-60-63(57,58)61-44-47(51)50(55)56)62-49(54)41-37-33-29-26-23-22-24-27-31-35-39-45(52)38-34-30-10-8-6-4-2/h5-8,11-12,14-15,17-18,20-23,27,29-31,33-35,39,45-47,52H,3-4,9-10,13,16,19,24-26,28,32,36-38,40-44,51H2,1-2H3,(H,55,56)(H,57,58)/b7-5-,8-6-,12-11-,15-14-,18-17-,21-20-,23-22-,31-27-,33-29-,34-30-,39-35+/t45?,46-,47+/m1/s1. The first kappa shape index (κ1) is 58.6. The normalized spacial score (nSPS) is 15.4. The maximum atomic E-state index is 12.6. The van der Waals surface area contributed by atoms with E-state index in [-0.39, 0.29) is 12.8 Å². The third-order valence-electron chi connectivity index (χ3n) is 8.49. The van der Waals surface area contributed by atoms with Crippen molar-refractivity contribution in [2.75, 3.05) is 19.8 Å². The number of carboxylic acids is 1. The molecule has 4 atom stereocenters. The molecule has 2 unspecified atom stereocenters. The highest BCUT2D eigenvalue weighted by molar-refractivity contribution is 7.47. The highest BCUT2D eigenvalue weighted by Gasteiger charge is 2.28. The number of rotatable bonds is 39. The van der Waals surface area contributed by atoms with Crippen molar-refractivity contribution in [2.45, 2.75) is 141 Å². The molecule has 0 amide bonds. The number of unbranched alkanes of at least 4 members (excludes halogenated alkanes) is 3. The number of phosphoric acid groups is 1. The molecule has 12 nitrogen and oxygen atoms in total. The molecule has 0 aliphatic heterocycles. The van der Waals surface area contributed by atoms with Gasteiger partial charge < -0.3 is 30.3 Å². The highest BCUT2D eigenvalue weighted by atomic mass is 31.2. The second-order valence-electron chi connectivity index (χ2n) is 14.3. The van der Waals surface area contributed by atoms with Crippen LogP contribution in [0.5, 0.6) is 0 Å². The molecule has 352 valence electrons. The summed E-state index contributed by atoms with van der Waals surface area (Å²) in [4.78, 5) is 46.0. The van der Waals surface area contributed by atoms with Crippen LogP contribution in [0.3, 0.4) is 0 Å². The lowest BCUT2D eigenvalue weighted by Gasteiger charge is -2.20. The Morgan fingerprint density at radius 2 is 1.06 bits per heavy atom. The molecule has 0 aromatic heterocycles. The van der Waals surface area contributed by atoms with Crippen LogP contribution in [0.4, 0.5) is 0 Å². The summed E-state index contributed by atoms with van der Waals surface area (Å²) >= 11 is 0. The summed E-state index contributed by atoms with van der Waals surface area (Å²) in [5.74, 6) is -2.59. The zero-order valence-electron chi connectivity index (χ0n) is 37.7. The van der Waals surface area contributed by atoms with E-state index in [0.29, 0.717) is 25.7 Å². The molecule has 0 heterocycles. The van der Waals surface area contributed by atoms with Gasteiger partial charge in [-0.2, -0.15) is 0 Å². The van der Waals surface area contributed by atoms with Crippen LogP contribution in [-0.2, 0) is 37.5 Å². The maximum Gasteiger partial charge on any atom is 0.472 e. The van der Waals surface area contributed by atoms with E-state index in [1.807, 2.05) is 54.7 Å². The van der Waals surface area contributed by atoms with Crippen molar-refractivity contribution in [2.24, 2.45) is 5.73 Å². The van der Waals surface area contributed by atoms with Gasteiger partial charge in [0.05, 0.1) is 19.3 Å². The van der Waals surface area contributed by atoms with Gasteiger partial charge in [-0.15, -0.1) is 0 Å². The van der Waals surface area contributed by atoms with E-state index in [9.17, 15) is 28.9 Å². The molecule has 63 heavy (non-hydrogen) atoms. The second kappa shape index (κ2) is 42.9. The van der Waals surface area contributed by atoms with Gasteiger partial charge in [-0.25, -0.2) is 4.57 Å². The fraction of sp³-hybridized carbons (Fsp3) is 0.500. The summed E-state index contributed by atoms with van der Waals surface area (Å²) in [5, 5.41) is 18.9. The Morgan fingerprint density at radius 1 is 0.571 bits per heavy atom. The Hall–Kier alpha value is -4.42. The van der Waals surface area contributed by atoms with Gasteiger partial charge in [-0.3, -0.25) is 23.4 Å². The Balaban J connectivity index is 4.62. The average Bonchev–Trinajstić information content (AvgIpc) is 3.26. The predicted molar refractivity (Wildman–Crippen MR) is 255 cm³/mol. The minimum absolute atomic E-state index is 0.00405. The first-order valence-corrected chi connectivity index (χ1v) is 23.8. The molecule has 13 heteroatoms. The number of carboxylic acid groups (broad SMARTS) is 1. The van der Waals surface area contributed by atoms with Crippen LogP contribution in [0.1, 0.15) is 123 Å². The number of carbonyl (C=O) groups excluding carboxylic acids is 2. The van der Waals surface area contributed by atoms with Crippen molar-refractivity contribution in [1.29, 1.82) is 0 Å². The van der Waals surface area contributed by atoms with Gasteiger partial charge in [0.1, 0.15) is 12.6 Å². The van der Waals surface area contributed by atoms with Crippen LogP contribution in [0, 0.1) is 0 Å². The lowest BCUT2D eigenvalue weighted by Crippen LogP contribution is -2.34. The number of phosphoric ester groups is 1. The summed E-state index contributed by atoms with van der Waals surface area (Å²) in [7, 11) is -4.77. The fourth-order valence-electron chi connectivity index (χ4n) is 5.02. The number of hydrogen-bond acceptors (Lipinski definition) is 10. The van der Waals surface area contributed by atoms with Crippen LogP contribution < -0.4 is 5.73 Å². The Labute approximate surface area is 377 Å². The third kappa shape index (κ3) is 42.6. The average molecular weight is 898 g/mol. The van der Waals surface area contributed by atoms with E-state index in [0.717, 1.165) is 70.6 Å². The molecule has 0 fully saturated rings. The maximum absolute atomic E-state index is 12.6. The highest BCUT2D eigenvalue weighted by Crippen LogP contribution is 2.43. The quantitative estimate of drug-likeness (QED) is 0.0150. The number of esters is 2. The largest absolute Gasteiger partial charge is 0.480 e. The van der Waals surface area contributed by atoms with Crippen LogP contribution in [0.2, 0.25) is 0 Å². The minimum Gasteiger partial charge on any atom is -0.480 e. The van der Waals surface area contributed by atoms with Gasteiger partial charge in [0.25, 0.3) is 0 Å². The molecule has 5 N–H and O–H groups in total. The number of hydrogen-bond donors (Lipinski definition) is 4. The predicted octanol–water partition coefficient (Wildman–Crippen LogP) is 11.1. The Kier molecular flexibility index (Phi) is 39.9. The van der Waals surface area contributed by atoms with E-state index in [4.69, 9.17) is 24.8 Å². The van der Waals surface area contributed by atoms with Gasteiger partial charge in [-0.1, -0.05) is 154 Å².